The predicted molar refractivity (Wildman–Crippen MR) is 29.3 cm³/mol. The Balaban J connectivity index is 2.61. The third-order valence-electron chi connectivity index (χ3n) is 1.68. The van der Waals surface area contributed by atoms with Gasteiger partial charge in [-0.2, -0.15) is 0 Å². The van der Waals surface area contributed by atoms with Gasteiger partial charge in [-0.25, -0.2) is 0 Å². The molecule has 0 aromatic carbocycles. The van der Waals surface area contributed by atoms with Gasteiger partial charge in [0.1, 0.15) is 6.67 Å². The maximum absolute atomic E-state index is 10.3. The van der Waals surface area contributed by atoms with Crippen molar-refractivity contribution in [3.63, 3.8) is 0 Å². The van der Waals surface area contributed by atoms with Gasteiger partial charge in [0.25, 0.3) is 6.09 Å². The van der Waals surface area contributed by atoms with Gasteiger partial charge in [0.05, 0.1) is 20.1 Å². The van der Waals surface area contributed by atoms with Crippen molar-refractivity contribution >= 4 is 6.09 Å². The summed E-state index contributed by atoms with van der Waals surface area (Å²) in [4.78, 5) is 10.3. The topological polar surface area (TPSA) is 52.2 Å². The van der Waals surface area contributed by atoms with Gasteiger partial charge >= 0.3 is 0 Å². The summed E-state index contributed by atoms with van der Waals surface area (Å²) in [5, 5.41) is 13.3. The Kier molecular flexibility index (Phi) is 1.42. The normalized spacial score (nSPS) is 34.8. The third-order valence-corrected chi connectivity index (χ3v) is 1.68. The zero-order chi connectivity index (χ0) is 6.91. The van der Waals surface area contributed by atoms with Crippen molar-refractivity contribution in [2.45, 2.75) is 0 Å². The number of quaternary nitrogens is 1. The molecule has 9 heavy (non-hydrogen) atoms. The molecule has 1 rings (SSSR count). The molecule has 1 saturated heterocycles. The molecule has 1 amide bonds. The Morgan fingerprint density at radius 1 is 1.78 bits per heavy atom. The van der Waals surface area contributed by atoms with Gasteiger partial charge in [-0.1, -0.05) is 0 Å². The highest BCUT2D eigenvalue weighted by atomic mass is 16.4. The molecule has 0 radical (unpaired) electrons. The maximum Gasteiger partial charge on any atom is 0.258 e. The number of carboxylic acid groups (broad SMARTS) is 1. The lowest BCUT2D eigenvalue weighted by atomic mass is 10.5. The number of nitrogens with zero attached hydrogens (tertiary/aromatic N) is 1. The largest absolute Gasteiger partial charge is 0.498 e. The van der Waals surface area contributed by atoms with E-state index in [0.717, 1.165) is 6.54 Å². The summed E-state index contributed by atoms with van der Waals surface area (Å²) in [6.07, 6.45) is -1.000. The van der Waals surface area contributed by atoms with Crippen LogP contribution in [-0.2, 0) is 0 Å². The van der Waals surface area contributed by atoms with Crippen LogP contribution in [0.25, 0.3) is 0 Å². The van der Waals surface area contributed by atoms with Gasteiger partial charge in [0.2, 0.25) is 0 Å². The molecule has 1 fully saturated rings. The van der Waals surface area contributed by atoms with E-state index in [9.17, 15) is 9.90 Å². The van der Waals surface area contributed by atoms with Gasteiger partial charge in [-0.3, -0.25) is 9.80 Å². The highest BCUT2D eigenvalue weighted by molar-refractivity contribution is 5.53. The van der Waals surface area contributed by atoms with E-state index < -0.39 is 6.09 Å². The van der Waals surface area contributed by atoms with Gasteiger partial charge in [0, 0.05) is 0 Å². The summed E-state index contributed by atoms with van der Waals surface area (Å²) in [7, 11) is 1.65. The first-order valence-electron chi connectivity index (χ1n) is 2.92. The fourth-order valence-corrected chi connectivity index (χ4v) is 0.887. The van der Waals surface area contributed by atoms with E-state index >= 15 is 0 Å². The monoisotopic (exact) mass is 130 g/mol. The minimum absolute atomic E-state index is 0.000000000000000222. The number of hydrogen-bond acceptors (Lipinski definition) is 3. The quantitative estimate of drug-likeness (QED) is 0.399. The summed E-state index contributed by atoms with van der Waals surface area (Å²) in [5.41, 5.74) is 0. The second-order valence-corrected chi connectivity index (χ2v) is 2.54. The Morgan fingerprint density at radius 3 is 2.67 bits per heavy atom. The number of likely N-dealkylation sites (N-methyl/N-ethyl adjacent to an activating group) is 1. The zero-order valence-corrected chi connectivity index (χ0v) is 5.39. The Bertz CT molecular complexity index is 129. The van der Waals surface area contributed by atoms with Crippen molar-refractivity contribution in [2.75, 3.05) is 26.8 Å². The van der Waals surface area contributed by atoms with E-state index in [1.165, 1.54) is 0 Å². The van der Waals surface area contributed by atoms with Crippen LogP contribution in [0.4, 0.5) is 4.79 Å². The van der Waals surface area contributed by atoms with Gasteiger partial charge in [0.15, 0.2) is 0 Å². The maximum atomic E-state index is 10.3. The molecule has 0 aromatic rings. The Hall–Kier alpha value is -0.610. The molecule has 52 valence electrons. The van der Waals surface area contributed by atoms with Gasteiger partial charge in [-0.05, 0) is 0 Å². The molecule has 1 N–H and O–H groups in total. The summed E-state index contributed by atoms with van der Waals surface area (Å²) >= 11 is 0. The van der Waals surface area contributed by atoms with Gasteiger partial charge in [-0.15, -0.1) is 0 Å². The predicted octanol–water partition coefficient (Wildman–Crippen LogP) is -1.66. The lowest BCUT2D eigenvalue weighted by molar-refractivity contribution is -0.845. The number of amides is 1. The molecule has 0 bridgehead atoms. The fourth-order valence-electron chi connectivity index (χ4n) is 0.887. The molecule has 4 nitrogen and oxygen atoms in total. The van der Waals surface area contributed by atoms with E-state index in [4.69, 9.17) is 0 Å². The molecule has 1 aliphatic heterocycles. The molecule has 1 atom stereocenters. The molecule has 1 unspecified atom stereocenters. The molecule has 0 aromatic heterocycles. The summed E-state index contributed by atoms with van der Waals surface area (Å²) in [6, 6.07) is 0. The first-order chi connectivity index (χ1) is 4.15. The van der Waals surface area contributed by atoms with E-state index in [1.54, 1.807) is 7.05 Å². The highest BCUT2D eigenvalue weighted by Gasteiger charge is 2.28. The van der Waals surface area contributed by atoms with Crippen LogP contribution in [0.3, 0.4) is 0 Å². The number of hydrogen-bond donors (Lipinski definition) is 1. The smallest absolute Gasteiger partial charge is 0.258 e. The summed E-state index contributed by atoms with van der Waals surface area (Å²) in [5.74, 6) is 0. The third kappa shape index (κ3) is 1.04. The van der Waals surface area contributed by atoms with Crippen LogP contribution in [-0.4, -0.2) is 37.4 Å². The molecule has 4 heteroatoms. The molecule has 0 saturated carbocycles. The van der Waals surface area contributed by atoms with Crippen LogP contribution in [0.2, 0.25) is 0 Å². The van der Waals surface area contributed by atoms with Crippen LogP contribution < -0.4 is 10.4 Å². The average molecular weight is 130 g/mol. The highest BCUT2D eigenvalue weighted by Crippen LogP contribution is 2.02. The number of rotatable bonds is 0. The zero-order valence-electron chi connectivity index (χ0n) is 5.39. The summed E-state index contributed by atoms with van der Waals surface area (Å²) < 4.78 is -0.000000000000000222. The first-order valence-corrected chi connectivity index (χ1v) is 2.92. The van der Waals surface area contributed by atoms with Crippen LogP contribution in [0.15, 0.2) is 0 Å². The van der Waals surface area contributed by atoms with Crippen molar-refractivity contribution in [2.24, 2.45) is 0 Å². The molecular weight excluding hydrogens is 120 g/mol. The lowest BCUT2D eigenvalue weighted by Gasteiger charge is -2.26. The number of carbonyl (C=O) groups excluding carboxylic acids is 1. The second kappa shape index (κ2) is 1.97. The van der Waals surface area contributed by atoms with Crippen LogP contribution in [0, 0.1) is 0 Å². The van der Waals surface area contributed by atoms with E-state index in [0.29, 0.717) is 13.2 Å². The van der Waals surface area contributed by atoms with Crippen LogP contribution in [0.5, 0.6) is 0 Å². The van der Waals surface area contributed by atoms with Crippen molar-refractivity contribution in [1.29, 1.82) is 0 Å². The molecular formula is C5H10N2O2. The summed E-state index contributed by atoms with van der Waals surface area (Å²) in [6.45, 7) is 1.88. The second-order valence-electron chi connectivity index (χ2n) is 2.54. The van der Waals surface area contributed by atoms with Crippen molar-refractivity contribution in [3.8, 4) is 0 Å². The minimum atomic E-state index is -1.000. The molecule has 1 aliphatic rings. The fraction of sp³-hybridized carbons (Fsp3) is 0.800. The SMILES string of the molecule is C[N+]1(C(=O)[O-])CCNC1. The van der Waals surface area contributed by atoms with E-state index in [2.05, 4.69) is 5.32 Å². The van der Waals surface area contributed by atoms with E-state index in [-0.39, 0.29) is 4.48 Å². The van der Waals surface area contributed by atoms with Gasteiger partial charge < -0.3 is 9.90 Å². The minimum Gasteiger partial charge on any atom is -0.498 e. The first kappa shape index (κ1) is 6.51. The molecule has 1 heterocycles. The standard InChI is InChI=1S/C5H10N2O2/c1-7(5(8)9)3-2-6-4-7/h6H,2-4H2,1H3. The lowest BCUT2D eigenvalue weighted by Crippen LogP contribution is -2.54. The molecule has 0 spiro atoms. The molecule has 0 aliphatic carbocycles. The van der Waals surface area contributed by atoms with Crippen LogP contribution in [0.1, 0.15) is 0 Å². The van der Waals surface area contributed by atoms with Crippen molar-refractivity contribution < 1.29 is 14.4 Å². The number of nitrogens with one attached hydrogen (secondary N) is 1. The average Bonchev–Trinajstić information content (AvgIpc) is 2.16. The van der Waals surface area contributed by atoms with Crippen molar-refractivity contribution in [1.82, 2.24) is 5.32 Å². The van der Waals surface area contributed by atoms with Crippen LogP contribution >= 0.6 is 0 Å². The van der Waals surface area contributed by atoms with Crippen molar-refractivity contribution in [3.05, 3.63) is 0 Å². The Labute approximate surface area is 53.7 Å². The Morgan fingerprint density at radius 2 is 2.44 bits per heavy atom. The van der Waals surface area contributed by atoms with E-state index in [1.807, 2.05) is 0 Å². The number of carbonyl (C=O) groups is 1.